The number of hydrogen-bond donors (Lipinski definition) is 0. The van der Waals surface area contributed by atoms with Gasteiger partial charge in [0.05, 0.1) is 0 Å². The molecular formula is C11H20S2. The SMILES string of the molecule is C/C=C1\SCCSC1(CC)CCC. The molecular weight excluding hydrogens is 196 g/mol. The Kier molecular flexibility index (Phi) is 4.74. The summed E-state index contributed by atoms with van der Waals surface area (Å²) in [5, 5.41) is 0. The predicted molar refractivity (Wildman–Crippen MR) is 66.6 cm³/mol. The van der Waals surface area contributed by atoms with E-state index in [4.69, 9.17) is 0 Å². The molecule has 0 aliphatic carbocycles. The number of allylic oxidation sites excluding steroid dienone is 1. The summed E-state index contributed by atoms with van der Waals surface area (Å²) in [6, 6.07) is 0. The zero-order chi connectivity index (χ0) is 9.73. The predicted octanol–water partition coefficient (Wildman–Crippen LogP) is 4.32. The second-order valence-electron chi connectivity index (χ2n) is 3.45. The van der Waals surface area contributed by atoms with Crippen LogP contribution in [0.25, 0.3) is 0 Å². The molecule has 2 heteroatoms. The van der Waals surface area contributed by atoms with Gasteiger partial charge in [0.15, 0.2) is 0 Å². The van der Waals surface area contributed by atoms with Gasteiger partial charge in [-0.2, -0.15) is 0 Å². The molecule has 1 saturated heterocycles. The van der Waals surface area contributed by atoms with Crippen LogP contribution >= 0.6 is 23.5 Å². The molecule has 1 aliphatic rings. The highest BCUT2D eigenvalue weighted by atomic mass is 32.2. The van der Waals surface area contributed by atoms with E-state index in [0.29, 0.717) is 4.75 Å². The molecule has 0 nitrogen and oxygen atoms in total. The molecule has 1 aliphatic heterocycles. The van der Waals surface area contributed by atoms with E-state index < -0.39 is 0 Å². The minimum Gasteiger partial charge on any atom is -0.149 e. The summed E-state index contributed by atoms with van der Waals surface area (Å²) in [6.45, 7) is 6.82. The van der Waals surface area contributed by atoms with Crippen LogP contribution in [0.15, 0.2) is 11.0 Å². The summed E-state index contributed by atoms with van der Waals surface area (Å²) in [7, 11) is 0. The average Bonchev–Trinajstić information content (AvgIpc) is 2.19. The molecule has 0 N–H and O–H groups in total. The van der Waals surface area contributed by atoms with Gasteiger partial charge in [0.1, 0.15) is 0 Å². The van der Waals surface area contributed by atoms with Crippen molar-refractivity contribution < 1.29 is 0 Å². The van der Waals surface area contributed by atoms with E-state index in [1.165, 1.54) is 30.8 Å². The molecule has 13 heavy (non-hydrogen) atoms. The van der Waals surface area contributed by atoms with Gasteiger partial charge in [0.2, 0.25) is 0 Å². The second kappa shape index (κ2) is 5.35. The van der Waals surface area contributed by atoms with Gasteiger partial charge in [-0.05, 0) is 24.7 Å². The molecule has 76 valence electrons. The van der Waals surface area contributed by atoms with Gasteiger partial charge in [0, 0.05) is 16.3 Å². The summed E-state index contributed by atoms with van der Waals surface area (Å²) in [6.07, 6.45) is 6.27. The Morgan fingerprint density at radius 2 is 2.15 bits per heavy atom. The first-order valence-corrected chi connectivity index (χ1v) is 7.19. The van der Waals surface area contributed by atoms with Crippen molar-refractivity contribution in [3.63, 3.8) is 0 Å². The van der Waals surface area contributed by atoms with Crippen LogP contribution in [-0.4, -0.2) is 16.3 Å². The molecule has 0 aromatic heterocycles. The lowest BCUT2D eigenvalue weighted by molar-refractivity contribution is 0.601. The van der Waals surface area contributed by atoms with Gasteiger partial charge in [-0.3, -0.25) is 0 Å². The summed E-state index contributed by atoms with van der Waals surface area (Å²) >= 11 is 4.25. The topological polar surface area (TPSA) is 0 Å². The highest BCUT2D eigenvalue weighted by molar-refractivity contribution is 8.09. The first-order valence-electron chi connectivity index (χ1n) is 5.22. The lowest BCUT2D eigenvalue weighted by atomic mass is 9.98. The van der Waals surface area contributed by atoms with E-state index in [9.17, 15) is 0 Å². The van der Waals surface area contributed by atoms with E-state index in [1.54, 1.807) is 4.91 Å². The van der Waals surface area contributed by atoms with Crippen molar-refractivity contribution >= 4 is 23.5 Å². The summed E-state index contributed by atoms with van der Waals surface area (Å²) < 4.78 is 0.479. The normalized spacial score (nSPS) is 32.4. The summed E-state index contributed by atoms with van der Waals surface area (Å²) in [5.41, 5.74) is 0. The lowest BCUT2D eigenvalue weighted by Gasteiger charge is -2.38. The maximum atomic E-state index is 2.33. The summed E-state index contributed by atoms with van der Waals surface area (Å²) in [4.78, 5) is 1.63. The highest BCUT2D eigenvalue weighted by Crippen LogP contribution is 2.49. The number of hydrogen-bond acceptors (Lipinski definition) is 2. The molecule has 0 amide bonds. The van der Waals surface area contributed by atoms with Crippen molar-refractivity contribution in [3.8, 4) is 0 Å². The molecule has 1 fully saturated rings. The first kappa shape index (κ1) is 11.5. The second-order valence-corrected chi connectivity index (χ2v) is 6.06. The third kappa shape index (κ3) is 2.47. The Morgan fingerprint density at radius 3 is 2.69 bits per heavy atom. The molecule has 1 rings (SSSR count). The van der Waals surface area contributed by atoms with E-state index in [0.717, 1.165) is 0 Å². The quantitative estimate of drug-likeness (QED) is 0.689. The number of rotatable bonds is 3. The van der Waals surface area contributed by atoms with Crippen LogP contribution in [0, 0.1) is 0 Å². The van der Waals surface area contributed by atoms with Gasteiger partial charge in [-0.15, -0.1) is 23.5 Å². The van der Waals surface area contributed by atoms with Crippen molar-refractivity contribution in [1.29, 1.82) is 0 Å². The Bertz CT molecular complexity index is 183. The van der Waals surface area contributed by atoms with Crippen LogP contribution in [0.5, 0.6) is 0 Å². The van der Waals surface area contributed by atoms with Gasteiger partial charge >= 0.3 is 0 Å². The Hall–Kier alpha value is 0.440. The van der Waals surface area contributed by atoms with Crippen molar-refractivity contribution in [2.45, 2.75) is 44.8 Å². The van der Waals surface area contributed by atoms with Crippen molar-refractivity contribution in [3.05, 3.63) is 11.0 Å². The third-order valence-electron chi connectivity index (χ3n) is 2.66. The Balaban J connectivity index is 2.78. The number of thioether (sulfide) groups is 2. The molecule has 0 spiro atoms. The summed E-state index contributed by atoms with van der Waals surface area (Å²) in [5.74, 6) is 2.63. The smallest absolute Gasteiger partial charge is 0.0461 e. The fourth-order valence-electron chi connectivity index (χ4n) is 1.99. The maximum absolute atomic E-state index is 2.33. The largest absolute Gasteiger partial charge is 0.149 e. The van der Waals surface area contributed by atoms with E-state index in [-0.39, 0.29) is 0 Å². The third-order valence-corrected chi connectivity index (χ3v) is 6.06. The van der Waals surface area contributed by atoms with E-state index in [2.05, 4.69) is 50.4 Å². The average molecular weight is 216 g/mol. The molecule has 1 unspecified atom stereocenters. The Morgan fingerprint density at radius 1 is 1.38 bits per heavy atom. The molecule has 1 atom stereocenters. The zero-order valence-corrected chi connectivity index (χ0v) is 10.6. The molecule has 0 bridgehead atoms. The minimum absolute atomic E-state index is 0.479. The van der Waals surface area contributed by atoms with Crippen LogP contribution < -0.4 is 0 Å². The molecule has 0 aromatic rings. The Labute approximate surface area is 90.9 Å². The minimum atomic E-state index is 0.479. The lowest BCUT2D eigenvalue weighted by Crippen LogP contribution is -2.29. The molecule has 1 heterocycles. The van der Waals surface area contributed by atoms with Crippen LogP contribution in [0.2, 0.25) is 0 Å². The van der Waals surface area contributed by atoms with E-state index in [1.807, 2.05) is 0 Å². The maximum Gasteiger partial charge on any atom is 0.0461 e. The van der Waals surface area contributed by atoms with Crippen LogP contribution in [-0.2, 0) is 0 Å². The highest BCUT2D eigenvalue weighted by Gasteiger charge is 2.34. The fraction of sp³-hybridized carbons (Fsp3) is 0.818. The van der Waals surface area contributed by atoms with Gasteiger partial charge in [-0.1, -0.05) is 26.3 Å². The molecule has 0 aromatic carbocycles. The van der Waals surface area contributed by atoms with Gasteiger partial charge in [-0.25, -0.2) is 0 Å². The molecule has 0 saturated carbocycles. The zero-order valence-electron chi connectivity index (χ0n) is 8.93. The van der Waals surface area contributed by atoms with Gasteiger partial charge < -0.3 is 0 Å². The van der Waals surface area contributed by atoms with Crippen molar-refractivity contribution in [2.24, 2.45) is 0 Å². The van der Waals surface area contributed by atoms with Crippen molar-refractivity contribution in [2.75, 3.05) is 11.5 Å². The van der Waals surface area contributed by atoms with Crippen LogP contribution in [0.3, 0.4) is 0 Å². The van der Waals surface area contributed by atoms with Crippen molar-refractivity contribution in [1.82, 2.24) is 0 Å². The van der Waals surface area contributed by atoms with Crippen LogP contribution in [0.4, 0.5) is 0 Å². The first-order chi connectivity index (χ1) is 6.29. The van der Waals surface area contributed by atoms with Crippen LogP contribution in [0.1, 0.15) is 40.0 Å². The fourth-order valence-corrected chi connectivity index (χ4v) is 5.11. The standard InChI is InChI=1S/C11H20S2/c1-4-7-11(6-3)10(5-2)12-8-9-13-11/h5H,4,6-9H2,1-3H3/b10-5-. The van der Waals surface area contributed by atoms with E-state index >= 15 is 0 Å². The monoisotopic (exact) mass is 216 g/mol. The van der Waals surface area contributed by atoms with Gasteiger partial charge in [0.25, 0.3) is 0 Å². The molecule has 0 radical (unpaired) electrons.